The van der Waals surface area contributed by atoms with Crippen LogP contribution in [0.2, 0.25) is 5.02 Å². The van der Waals surface area contributed by atoms with Gasteiger partial charge in [-0.15, -0.1) is 0 Å². The fraction of sp³-hybridized carbons (Fsp3) is 0.333. The molecule has 0 heterocycles. The fourth-order valence-electron chi connectivity index (χ4n) is 3.38. The first-order chi connectivity index (χ1) is 13.0. The van der Waals surface area contributed by atoms with Crippen molar-refractivity contribution in [3.8, 4) is 5.75 Å². The number of methoxy groups -OCH3 is 1. The van der Waals surface area contributed by atoms with Gasteiger partial charge in [0.2, 0.25) is 0 Å². The van der Waals surface area contributed by atoms with Gasteiger partial charge in [-0.05, 0) is 62.1 Å². The Bertz CT molecular complexity index is 825. The molecule has 2 atom stereocenters. The van der Waals surface area contributed by atoms with Crippen molar-refractivity contribution < 1.29 is 14.3 Å². The summed E-state index contributed by atoms with van der Waals surface area (Å²) >= 11 is 5.96. The van der Waals surface area contributed by atoms with Gasteiger partial charge in [0, 0.05) is 28.2 Å². The predicted octanol–water partition coefficient (Wildman–Crippen LogP) is 3.82. The second-order valence-corrected chi connectivity index (χ2v) is 7.19. The number of ether oxygens (including phenoxy) is 1. The Labute approximate surface area is 164 Å². The minimum Gasteiger partial charge on any atom is -0.497 e. The van der Waals surface area contributed by atoms with Crippen molar-refractivity contribution in [2.45, 2.75) is 37.8 Å². The third-order valence-corrected chi connectivity index (χ3v) is 5.00. The average Bonchev–Trinajstić information content (AvgIpc) is 2.68. The van der Waals surface area contributed by atoms with Crippen LogP contribution in [-0.4, -0.2) is 31.0 Å². The van der Waals surface area contributed by atoms with Crippen LogP contribution < -0.4 is 15.4 Å². The Hall–Kier alpha value is -2.53. The van der Waals surface area contributed by atoms with Crippen LogP contribution in [0, 0.1) is 0 Å². The van der Waals surface area contributed by atoms with Crippen molar-refractivity contribution in [1.29, 1.82) is 0 Å². The zero-order chi connectivity index (χ0) is 19.2. The summed E-state index contributed by atoms with van der Waals surface area (Å²) in [4.78, 5) is 24.9. The first kappa shape index (κ1) is 19.2. The van der Waals surface area contributed by atoms with Crippen molar-refractivity contribution in [1.82, 2.24) is 10.6 Å². The number of hydrogen-bond donors (Lipinski definition) is 2. The molecule has 2 amide bonds. The molecule has 142 valence electrons. The minimum atomic E-state index is -0.137. The van der Waals surface area contributed by atoms with E-state index in [0.717, 1.165) is 19.3 Å². The Kier molecular flexibility index (Phi) is 6.35. The van der Waals surface area contributed by atoms with Crippen LogP contribution >= 0.6 is 11.6 Å². The lowest BCUT2D eigenvalue weighted by molar-refractivity contribution is 0.0903. The van der Waals surface area contributed by atoms with Gasteiger partial charge >= 0.3 is 0 Å². The zero-order valence-corrected chi connectivity index (χ0v) is 16.0. The number of benzene rings is 2. The van der Waals surface area contributed by atoms with E-state index in [-0.39, 0.29) is 23.9 Å². The van der Waals surface area contributed by atoms with Gasteiger partial charge in [-0.1, -0.05) is 23.7 Å². The van der Waals surface area contributed by atoms with Crippen LogP contribution in [0.4, 0.5) is 0 Å². The molecule has 3 rings (SSSR count). The number of amides is 2. The van der Waals surface area contributed by atoms with Gasteiger partial charge in [0.1, 0.15) is 5.75 Å². The Morgan fingerprint density at radius 3 is 2.15 bits per heavy atom. The zero-order valence-electron chi connectivity index (χ0n) is 15.2. The maximum absolute atomic E-state index is 12.5. The molecule has 0 aromatic heterocycles. The quantitative estimate of drug-likeness (QED) is 0.820. The van der Waals surface area contributed by atoms with Gasteiger partial charge in [0.15, 0.2) is 0 Å². The highest BCUT2D eigenvalue weighted by atomic mass is 35.5. The summed E-state index contributed by atoms with van der Waals surface area (Å²) in [6, 6.07) is 14.0. The van der Waals surface area contributed by atoms with Crippen LogP contribution in [-0.2, 0) is 0 Å². The van der Waals surface area contributed by atoms with Gasteiger partial charge in [-0.25, -0.2) is 0 Å². The second-order valence-electron chi connectivity index (χ2n) is 6.75. The summed E-state index contributed by atoms with van der Waals surface area (Å²) < 4.78 is 5.17. The highest BCUT2D eigenvalue weighted by molar-refractivity contribution is 6.30. The van der Waals surface area contributed by atoms with Crippen molar-refractivity contribution in [3.05, 3.63) is 64.7 Å². The van der Waals surface area contributed by atoms with Crippen LogP contribution in [0.5, 0.6) is 5.75 Å². The lowest BCUT2D eigenvalue weighted by atomic mass is 9.90. The Balaban J connectivity index is 1.57. The van der Waals surface area contributed by atoms with E-state index in [9.17, 15) is 9.59 Å². The molecule has 0 radical (unpaired) electrons. The molecule has 0 bridgehead atoms. The van der Waals surface area contributed by atoms with Crippen molar-refractivity contribution in [2.24, 2.45) is 0 Å². The molecule has 0 unspecified atom stereocenters. The third-order valence-electron chi connectivity index (χ3n) is 4.76. The van der Waals surface area contributed by atoms with Crippen LogP contribution in [0.1, 0.15) is 46.4 Å². The van der Waals surface area contributed by atoms with Gasteiger partial charge in [0.05, 0.1) is 7.11 Å². The van der Waals surface area contributed by atoms with Gasteiger partial charge in [-0.3, -0.25) is 9.59 Å². The number of nitrogens with one attached hydrogen (secondary N) is 2. The SMILES string of the molecule is COc1cccc(C(=O)N[C@@H]2CCC[C@@H](NC(=O)c3cccc(Cl)c3)C2)c1. The van der Waals surface area contributed by atoms with E-state index in [1.54, 1.807) is 55.6 Å². The van der Waals surface area contributed by atoms with E-state index in [1.165, 1.54) is 0 Å². The molecule has 1 saturated carbocycles. The molecule has 1 fully saturated rings. The fourth-order valence-corrected chi connectivity index (χ4v) is 3.57. The van der Waals surface area contributed by atoms with E-state index in [4.69, 9.17) is 16.3 Å². The number of carbonyl (C=O) groups is 2. The highest BCUT2D eigenvalue weighted by Gasteiger charge is 2.25. The largest absolute Gasteiger partial charge is 0.497 e. The van der Waals surface area contributed by atoms with Crippen molar-refractivity contribution in [2.75, 3.05) is 7.11 Å². The summed E-state index contributed by atoms with van der Waals surface area (Å²) in [6.45, 7) is 0. The van der Waals surface area contributed by atoms with Crippen LogP contribution in [0.3, 0.4) is 0 Å². The molecule has 2 N–H and O–H groups in total. The van der Waals surface area contributed by atoms with E-state index in [2.05, 4.69) is 10.6 Å². The van der Waals surface area contributed by atoms with Crippen molar-refractivity contribution >= 4 is 23.4 Å². The monoisotopic (exact) mass is 386 g/mol. The summed E-state index contributed by atoms with van der Waals surface area (Å²) in [6.07, 6.45) is 3.46. The molecular weight excluding hydrogens is 364 g/mol. The molecule has 0 aliphatic heterocycles. The molecule has 2 aromatic carbocycles. The molecule has 2 aromatic rings. The summed E-state index contributed by atoms with van der Waals surface area (Å²) in [5.74, 6) is 0.390. The number of carbonyl (C=O) groups excluding carboxylic acids is 2. The molecule has 1 aliphatic carbocycles. The number of halogens is 1. The standard InChI is InChI=1S/C21H23ClN2O3/c1-27-19-10-3-6-15(12-19)21(26)24-18-9-4-8-17(13-18)23-20(25)14-5-2-7-16(22)11-14/h2-3,5-7,10-12,17-18H,4,8-9,13H2,1H3,(H,23,25)(H,24,26)/t17-,18-/m1/s1. The minimum absolute atomic E-state index is 0.0286. The molecule has 0 saturated heterocycles. The predicted molar refractivity (Wildman–Crippen MR) is 105 cm³/mol. The molecule has 0 spiro atoms. The Morgan fingerprint density at radius 2 is 1.56 bits per heavy atom. The molecule has 27 heavy (non-hydrogen) atoms. The van der Waals surface area contributed by atoms with E-state index >= 15 is 0 Å². The van der Waals surface area contributed by atoms with Crippen molar-refractivity contribution in [3.63, 3.8) is 0 Å². The summed E-state index contributed by atoms with van der Waals surface area (Å²) in [5, 5.41) is 6.66. The number of rotatable bonds is 5. The van der Waals surface area contributed by atoms with Gasteiger partial charge in [-0.2, -0.15) is 0 Å². The molecule has 1 aliphatic rings. The topological polar surface area (TPSA) is 67.4 Å². The molecular formula is C21H23ClN2O3. The van der Waals surface area contributed by atoms with E-state index < -0.39 is 0 Å². The third kappa shape index (κ3) is 5.23. The van der Waals surface area contributed by atoms with Gasteiger partial charge < -0.3 is 15.4 Å². The van der Waals surface area contributed by atoms with Crippen LogP contribution in [0.25, 0.3) is 0 Å². The van der Waals surface area contributed by atoms with E-state index in [1.807, 2.05) is 0 Å². The summed E-state index contributed by atoms with van der Waals surface area (Å²) in [5.41, 5.74) is 1.12. The first-order valence-corrected chi connectivity index (χ1v) is 9.44. The first-order valence-electron chi connectivity index (χ1n) is 9.06. The molecule has 5 nitrogen and oxygen atoms in total. The lowest BCUT2D eigenvalue weighted by Gasteiger charge is -2.30. The Morgan fingerprint density at radius 1 is 0.963 bits per heavy atom. The lowest BCUT2D eigenvalue weighted by Crippen LogP contribution is -2.45. The highest BCUT2D eigenvalue weighted by Crippen LogP contribution is 2.21. The molecule has 6 heteroatoms. The average molecular weight is 387 g/mol. The smallest absolute Gasteiger partial charge is 0.251 e. The van der Waals surface area contributed by atoms with E-state index in [0.29, 0.717) is 28.3 Å². The normalized spacial score (nSPS) is 19.2. The maximum Gasteiger partial charge on any atom is 0.251 e. The second kappa shape index (κ2) is 8.91. The van der Waals surface area contributed by atoms with Crippen LogP contribution in [0.15, 0.2) is 48.5 Å². The summed E-state index contributed by atoms with van der Waals surface area (Å²) in [7, 11) is 1.57. The number of hydrogen-bond acceptors (Lipinski definition) is 3. The van der Waals surface area contributed by atoms with Gasteiger partial charge in [0.25, 0.3) is 11.8 Å². The maximum atomic E-state index is 12.5.